The number of benzene rings is 2. The lowest BCUT2D eigenvalue weighted by atomic mass is 9.96. The highest BCUT2D eigenvalue weighted by molar-refractivity contribution is 5.96. The van der Waals surface area contributed by atoms with E-state index >= 15 is 0 Å². The molecule has 1 fully saturated rings. The van der Waals surface area contributed by atoms with E-state index in [1.54, 1.807) is 0 Å². The van der Waals surface area contributed by atoms with Crippen molar-refractivity contribution in [2.75, 3.05) is 25.0 Å². The number of hydrogen-bond acceptors (Lipinski definition) is 3. The molecule has 3 rings (SSSR count). The number of piperidine rings is 1. The predicted octanol–water partition coefficient (Wildman–Crippen LogP) is 4.41. The van der Waals surface area contributed by atoms with Gasteiger partial charge in [-0.2, -0.15) is 0 Å². The third kappa shape index (κ3) is 5.70. The first-order valence-corrected chi connectivity index (χ1v) is 11.0. The molecule has 160 valence electrons. The maximum absolute atomic E-state index is 13.0. The normalized spacial score (nSPS) is 16.7. The van der Waals surface area contributed by atoms with E-state index in [0.717, 1.165) is 31.6 Å². The third-order valence-electron chi connectivity index (χ3n) is 5.84. The summed E-state index contributed by atoms with van der Waals surface area (Å²) in [6.45, 7) is 9.61. The van der Waals surface area contributed by atoms with E-state index in [-0.39, 0.29) is 17.7 Å². The van der Waals surface area contributed by atoms with E-state index in [1.807, 2.05) is 59.5 Å². The van der Waals surface area contributed by atoms with Crippen LogP contribution < -0.4 is 5.32 Å². The molecular formula is C25H33N3O2. The highest BCUT2D eigenvalue weighted by Crippen LogP contribution is 2.21. The first kappa shape index (κ1) is 22.0. The molecule has 5 nitrogen and oxygen atoms in total. The molecule has 1 atom stereocenters. The molecule has 2 amide bonds. The van der Waals surface area contributed by atoms with Gasteiger partial charge in [-0.25, -0.2) is 0 Å². The van der Waals surface area contributed by atoms with Crippen LogP contribution in [0.15, 0.2) is 54.6 Å². The average Bonchev–Trinajstić information content (AvgIpc) is 2.78. The Kier molecular flexibility index (Phi) is 7.63. The summed E-state index contributed by atoms with van der Waals surface area (Å²) < 4.78 is 0. The fourth-order valence-electron chi connectivity index (χ4n) is 3.97. The van der Waals surface area contributed by atoms with Gasteiger partial charge < -0.3 is 10.2 Å². The Morgan fingerprint density at radius 2 is 1.80 bits per heavy atom. The van der Waals surface area contributed by atoms with Crippen LogP contribution in [-0.2, 0) is 11.3 Å². The van der Waals surface area contributed by atoms with Gasteiger partial charge in [0.15, 0.2) is 0 Å². The second-order valence-electron chi connectivity index (χ2n) is 8.30. The van der Waals surface area contributed by atoms with Crippen LogP contribution in [0, 0.1) is 5.92 Å². The number of carbonyl (C=O) groups is 2. The smallest absolute Gasteiger partial charge is 0.253 e. The molecule has 2 aromatic carbocycles. The van der Waals surface area contributed by atoms with Gasteiger partial charge in [0.05, 0.1) is 5.92 Å². The summed E-state index contributed by atoms with van der Waals surface area (Å²) in [5.74, 6) is -0.177. The minimum atomic E-state index is -0.175. The first-order chi connectivity index (χ1) is 14.5. The molecule has 1 unspecified atom stereocenters. The van der Waals surface area contributed by atoms with E-state index in [1.165, 1.54) is 5.56 Å². The molecule has 1 saturated heterocycles. The quantitative estimate of drug-likeness (QED) is 0.740. The zero-order chi connectivity index (χ0) is 21.5. The Labute approximate surface area is 180 Å². The van der Waals surface area contributed by atoms with Gasteiger partial charge in [0, 0.05) is 36.9 Å². The summed E-state index contributed by atoms with van der Waals surface area (Å²) in [6.07, 6.45) is 1.65. The summed E-state index contributed by atoms with van der Waals surface area (Å²) in [6, 6.07) is 17.9. The molecule has 0 spiro atoms. The van der Waals surface area contributed by atoms with Crippen molar-refractivity contribution < 1.29 is 9.59 Å². The Morgan fingerprint density at radius 3 is 2.43 bits per heavy atom. The predicted molar refractivity (Wildman–Crippen MR) is 121 cm³/mol. The maximum Gasteiger partial charge on any atom is 0.253 e. The van der Waals surface area contributed by atoms with Crippen molar-refractivity contribution >= 4 is 17.5 Å². The van der Waals surface area contributed by atoms with Gasteiger partial charge in [0.2, 0.25) is 5.91 Å². The highest BCUT2D eigenvalue weighted by Gasteiger charge is 2.29. The van der Waals surface area contributed by atoms with E-state index in [0.29, 0.717) is 24.7 Å². The summed E-state index contributed by atoms with van der Waals surface area (Å²) >= 11 is 0. The maximum atomic E-state index is 13.0. The molecule has 0 bridgehead atoms. The van der Waals surface area contributed by atoms with Crippen LogP contribution in [0.4, 0.5) is 5.69 Å². The number of anilines is 1. The zero-order valence-corrected chi connectivity index (χ0v) is 18.3. The van der Waals surface area contributed by atoms with Crippen LogP contribution in [0.3, 0.4) is 0 Å². The Balaban J connectivity index is 1.60. The Morgan fingerprint density at radius 1 is 1.10 bits per heavy atom. The summed E-state index contributed by atoms with van der Waals surface area (Å²) in [5.41, 5.74) is 2.69. The Bertz CT molecular complexity index is 833. The second-order valence-corrected chi connectivity index (χ2v) is 8.30. The molecule has 30 heavy (non-hydrogen) atoms. The number of amides is 2. The molecule has 0 aromatic heterocycles. The first-order valence-electron chi connectivity index (χ1n) is 11.0. The summed E-state index contributed by atoms with van der Waals surface area (Å²) in [4.78, 5) is 29.9. The third-order valence-corrected chi connectivity index (χ3v) is 5.84. The molecule has 1 aliphatic rings. The molecule has 0 aliphatic carbocycles. The largest absolute Gasteiger partial charge is 0.338 e. The average molecular weight is 408 g/mol. The van der Waals surface area contributed by atoms with Crippen LogP contribution >= 0.6 is 0 Å². The van der Waals surface area contributed by atoms with Crippen molar-refractivity contribution in [3.63, 3.8) is 0 Å². The molecule has 1 aliphatic heterocycles. The molecule has 5 heteroatoms. The Hall–Kier alpha value is -2.66. The van der Waals surface area contributed by atoms with Gasteiger partial charge in [-0.15, -0.1) is 0 Å². The topological polar surface area (TPSA) is 52.7 Å². The number of likely N-dealkylation sites (tertiary alicyclic amines) is 1. The standard InChI is InChI=1S/C25H33N3O2/c1-4-27(19(2)3)17-20-12-14-21(15-13-20)25(30)28-16-8-9-22(18-28)24(29)26-23-10-6-5-7-11-23/h5-7,10-15,19,22H,4,8-9,16-18H2,1-3H3,(H,26,29). The van der Waals surface area contributed by atoms with Gasteiger partial charge in [-0.05, 0) is 63.1 Å². The minimum absolute atomic E-state index is 0.00923. The van der Waals surface area contributed by atoms with E-state index in [2.05, 4.69) is 31.0 Å². The van der Waals surface area contributed by atoms with Gasteiger partial charge in [-0.1, -0.05) is 37.3 Å². The fraction of sp³-hybridized carbons (Fsp3) is 0.440. The highest BCUT2D eigenvalue weighted by atomic mass is 16.2. The molecule has 2 aromatic rings. The molecular weight excluding hydrogens is 374 g/mol. The summed E-state index contributed by atoms with van der Waals surface area (Å²) in [7, 11) is 0. The van der Waals surface area contributed by atoms with Crippen molar-refractivity contribution in [3.8, 4) is 0 Å². The van der Waals surface area contributed by atoms with Gasteiger partial charge in [0.25, 0.3) is 5.91 Å². The minimum Gasteiger partial charge on any atom is -0.338 e. The van der Waals surface area contributed by atoms with Gasteiger partial charge in [-0.3, -0.25) is 14.5 Å². The van der Waals surface area contributed by atoms with Gasteiger partial charge in [0.1, 0.15) is 0 Å². The molecule has 1 heterocycles. The van der Waals surface area contributed by atoms with Crippen molar-refractivity contribution in [1.82, 2.24) is 9.80 Å². The van der Waals surface area contributed by atoms with Crippen molar-refractivity contribution in [2.24, 2.45) is 5.92 Å². The van der Waals surface area contributed by atoms with E-state index in [9.17, 15) is 9.59 Å². The lowest BCUT2D eigenvalue weighted by Crippen LogP contribution is -2.43. The van der Waals surface area contributed by atoms with Crippen LogP contribution in [0.2, 0.25) is 0 Å². The van der Waals surface area contributed by atoms with E-state index < -0.39 is 0 Å². The van der Waals surface area contributed by atoms with Crippen LogP contribution in [0.25, 0.3) is 0 Å². The van der Waals surface area contributed by atoms with E-state index in [4.69, 9.17) is 0 Å². The number of carbonyl (C=O) groups excluding carboxylic acids is 2. The summed E-state index contributed by atoms with van der Waals surface area (Å²) in [5, 5.41) is 2.97. The van der Waals surface area contributed by atoms with Crippen LogP contribution in [-0.4, -0.2) is 47.3 Å². The molecule has 0 radical (unpaired) electrons. The van der Waals surface area contributed by atoms with Crippen molar-refractivity contribution in [1.29, 1.82) is 0 Å². The SMILES string of the molecule is CCN(Cc1ccc(C(=O)N2CCCC(C(=O)Nc3ccccc3)C2)cc1)C(C)C. The number of para-hydroxylation sites is 1. The number of nitrogens with zero attached hydrogens (tertiary/aromatic N) is 2. The van der Waals surface area contributed by atoms with Crippen LogP contribution in [0.1, 0.15) is 49.5 Å². The molecule has 1 N–H and O–H groups in total. The number of hydrogen-bond donors (Lipinski definition) is 1. The van der Waals surface area contributed by atoms with Crippen LogP contribution in [0.5, 0.6) is 0 Å². The lowest BCUT2D eigenvalue weighted by Gasteiger charge is -2.32. The molecule has 0 saturated carbocycles. The monoisotopic (exact) mass is 407 g/mol. The number of nitrogens with one attached hydrogen (secondary N) is 1. The van der Waals surface area contributed by atoms with Gasteiger partial charge >= 0.3 is 0 Å². The lowest BCUT2D eigenvalue weighted by molar-refractivity contribution is -0.121. The van der Waals surface area contributed by atoms with Crippen molar-refractivity contribution in [3.05, 3.63) is 65.7 Å². The zero-order valence-electron chi connectivity index (χ0n) is 18.3. The second kappa shape index (κ2) is 10.4. The fourth-order valence-corrected chi connectivity index (χ4v) is 3.97. The van der Waals surface area contributed by atoms with Crippen molar-refractivity contribution in [2.45, 2.75) is 46.2 Å². The number of rotatable bonds is 7.